The molecule has 0 aliphatic carbocycles. The Labute approximate surface area is 224 Å². The van der Waals surface area contributed by atoms with Crippen LogP contribution in [0.25, 0.3) is 11.3 Å². The molecule has 192 valence electrons. The van der Waals surface area contributed by atoms with Crippen LogP contribution in [-0.4, -0.2) is 32.4 Å². The van der Waals surface area contributed by atoms with Crippen molar-refractivity contribution in [3.05, 3.63) is 112 Å². The van der Waals surface area contributed by atoms with Crippen LogP contribution in [0.3, 0.4) is 0 Å². The fourth-order valence-electron chi connectivity index (χ4n) is 4.52. The minimum Gasteiger partial charge on any atom is -0.459 e. The van der Waals surface area contributed by atoms with Gasteiger partial charge in [0.25, 0.3) is 5.69 Å². The third-order valence-electron chi connectivity index (χ3n) is 6.48. The quantitative estimate of drug-likeness (QED) is 0.174. The van der Waals surface area contributed by atoms with Crippen molar-refractivity contribution in [3.8, 4) is 11.3 Å². The summed E-state index contributed by atoms with van der Waals surface area (Å²) in [4.78, 5) is 29.9. The summed E-state index contributed by atoms with van der Waals surface area (Å²) < 4.78 is 6.26. The SMILES string of the molecule is Cc1ccccc1NC(=O)CCN1C(=S)NC(c2ccccn2)C1c1ccc(-c2ccc([N+](=O)[O-])cc2)o1. The Kier molecular flexibility index (Phi) is 7.14. The van der Waals surface area contributed by atoms with E-state index in [0.717, 1.165) is 16.9 Å². The molecule has 1 amide bonds. The van der Waals surface area contributed by atoms with E-state index in [2.05, 4.69) is 15.6 Å². The molecule has 0 bridgehead atoms. The summed E-state index contributed by atoms with van der Waals surface area (Å²) in [5.74, 6) is 1.10. The molecule has 0 radical (unpaired) electrons. The molecule has 0 spiro atoms. The molecule has 9 nitrogen and oxygen atoms in total. The van der Waals surface area contributed by atoms with Crippen LogP contribution in [-0.2, 0) is 4.79 Å². The number of nitrogens with zero attached hydrogens (tertiary/aromatic N) is 3. The van der Waals surface area contributed by atoms with Gasteiger partial charge in [-0.15, -0.1) is 0 Å². The minimum atomic E-state index is -0.437. The number of anilines is 1. The highest BCUT2D eigenvalue weighted by atomic mass is 32.1. The topological polar surface area (TPSA) is 114 Å². The van der Waals surface area contributed by atoms with Crippen molar-refractivity contribution < 1.29 is 14.1 Å². The van der Waals surface area contributed by atoms with Crippen molar-refractivity contribution in [1.82, 2.24) is 15.2 Å². The average molecular weight is 528 g/mol. The second-order valence-electron chi connectivity index (χ2n) is 8.94. The molecule has 0 saturated carbocycles. The van der Waals surface area contributed by atoms with Crippen LogP contribution in [0.4, 0.5) is 11.4 Å². The summed E-state index contributed by atoms with van der Waals surface area (Å²) in [5.41, 5.74) is 3.29. The lowest BCUT2D eigenvalue weighted by Crippen LogP contribution is -2.32. The van der Waals surface area contributed by atoms with E-state index in [1.807, 2.05) is 66.4 Å². The lowest BCUT2D eigenvalue weighted by atomic mass is 10.0. The Hall–Kier alpha value is -4.57. The van der Waals surface area contributed by atoms with E-state index < -0.39 is 4.92 Å². The number of furan rings is 1. The van der Waals surface area contributed by atoms with Crippen LogP contribution in [0.1, 0.15) is 35.5 Å². The van der Waals surface area contributed by atoms with Gasteiger partial charge in [0.2, 0.25) is 5.91 Å². The number of benzene rings is 2. The maximum Gasteiger partial charge on any atom is 0.269 e. The minimum absolute atomic E-state index is 0.0104. The van der Waals surface area contributed by atoms with Crippen LogP contribution < -0.4 is 10.6 Å². The first-order valence-electron chi connectivity index (χ1n) is 12.1. The van der Waals surface area contributed by atoms with Crippen LogP contribution in [0.15, 0.2) is 89.5 Å². The van der Waals surface area contributed by atoms with Gasteiger partial charge in [0.1, 0.15) is 17.6 Å². The summed E-state index contributed by atoms with van der Waals surface area (Å²) in [5, 5.41) is 17.8. The predicted octanol–water partition coefficient (Wildman–Crippen LogP) is 5.56. The smallest absolute Gasteiger partial charge is 0.269 e. The number of hydrogen-bond donors (Lipinski definition) is 2. The van der Waals surface area contributed by atoms with Crippen molar-refractivity contribution in [2.45, 2.75) is 25.4 Å². The maximum atomic E-state index is 12.8. The number of thiocarbonyl (C=S) groups is 1. The summed E-state index contributed by atoms with van der Waals surface area (Å²) in [6.45, 7) is 2.31. The number of aryl methyl sites for hydroxylation is 1. The van der Waals surface area contributed by atoms with Crippen molar-refractivity contribution in [3.63, 3.8) is 0 Å². The Morgan fingerprint density at radius 1 is 1.11 bits per heavy atom. The van der Waals surface area contributed by atoms with Gasteiger partial charge in [0.15, 0.2) is 5.11 Å². The third-order valence-corrected chi connectivity index (χ3v) is 6.83. The van der Waals surface area contributed by atoms with Gasteiger partial charge in [-0.05, 0) is 67.2 Å². The lowest BCUT2D eigenvalue weighted by Gasteiger charge is -2.26. The van der Waals surface area contributed by atoms with E-state index in [9.17, 15) is 14.9 Å². The molecule has 2 atom stereocenters. The third kappa shape index (κ3) is 5.25. The van der Waals surface area contributed by atoms with Gasteiger partial charge in [0, 0.05) is 42.5 Å². The zero-order valence-corrected chi connectivity index (χ0v) is 21.4. The second kappa shape index (κ2) is 10.8. The first-order valence-corrected chi connectivity index (χ1v) is 12.5. The van der Waals surface area contributed by atoms with E-state index in [0.29, 0.717) is 28.7 Å². The first-order chi connectivity index (χ1) is 18.4. The first kappa shape index (κ1) is 25.1. The van der Waals surface area contributed by atoms with E-state index in [4.69, 9.17) is 16.6 Å². The fourth-order valence-corrected chi connectivity index (χ4v) is 4.85. The number of non-ortho nitro benzene ring substituents is 1. The monoisotopic (exact) mass is 527 g/mol. The standard InChI is InChI=1S/C28H25N5O4S/c1-18-6-2-3-7-21(18)30-25(34)15-17-32-27(26(31-28(32)38)22-8-4-5-16-29-22)24-14-13-23(37-24)19-9-11-20(12-10-19)33(35)36/h2-14,16,26-27H,15,17H2,1H3,(H,30,34)(H,31,38). The Morgan fingerprint density at radius 2 is 1.87 bits per heavy atom. The number of hydrogen-bond acceptors (Lipinski definition) is 6. The van der Waals surface area contributed by atoms with E-state index in [1.165, 1.54) is 12.1 Å². The fraction of sp³-hybridized carbons (Fsp3) is 0.179. The molecule has 2 N–H and O–H groups in total. The summed E-state index contributed by atoms with van der Waals surface area (Å²) >= 11 is 5.69. The van der Waals surface area contributed by atoms with Gasteiger partial charge < -0.3 is 20.0 Å². The van der Waals surface area contributed by atoms with Gasteiger partial charge in [0.05, 0.1) is 16.7 Å². The van der Waals surface area contributed by atoms with E-state index in [1.54, 1.807) is 18.3 Å². The number of nitrogens with one attached hydrogen (secondary N) is 2. The number of carbonyl (C=O) groups excluding carboxylic acids is 1. The van der Waals surface area contributed by atoms with E-state index >= 15 is 0 Å². The molecule has 1 aliphatic rings. The number of carbonyl (C=O) groups is 1. The highest BCUT2D eigenvalue weighted by molar-refractivity contribution is 7.80. The average Bonchev–Trinajstić information content (AvgIpc) is 3.54. The van der Waals surface area contributed by atoms with Gasteiger partial charge in [-0.2, -0.15) is 0 Å². The lowest BCUT2D eigenvalue weighted by molar-refractivity contribution is -0.384. The zero-order valence-electron chi connectivity index (χ0n) is 20.5. The highest BCUT2D eigenvalue weighted by Crippen LogP contribution is 2.40. The van der Waals surface area contributed by atoms with Crippen LogP contribution in [0.2, 0.25) is 0 Å². The Bertz CT molecular complexity index is 1470. The molecule has 2 aromatic carbocycles. The summed E-state index contributed by atoms with van der Waals surface area (Å²) in [7, 11) is 0. The molecule has 1 fully saturated rings. The van der Waals surface area contributed by atoms with Crippen LogP contribution >= 0.6 is 12.2 Å². The summed E-state index contributed by atoms with van der Waals surface area (Å²) in [6, 6.07) is 22.6. The van der Waals surface area contributed by atoms with Gasteiger partial charge in [-0.3, -0.25) is 19.9 Å². The largest absolute Gasteiger partial charge is 0.459 e. The molecule has 38 heavy (non-hydrogen) atoms. The number of aromatic nitrogens is 1. The molecule has 2 unspecified atom stereocenters. The summed E-state index contributed by atoms with van der Waals surface area (Å²) in [6.07, 6.45) is 1.94. The normalized spacial score (nSPS) is 16.8. The molecular weight excluding hydrogens is 502 g/mol. The Morgan fingerprint density at radius 3 is 2.58 bits per heavy atom. The number of pyridine rings is 1. The molecule has 5 rings (SSSR count). The zero-order chi connectivity index (χ0) is 26.6. The van der Waals surface area contributed by atoms with E-state index in [-0.39, 0.29) is 30.1 Å². The number of rotatable bonds is 8. The second-order valence-corrected chi connectivity index (χ2v) is 9.33. The number of para-hydroxylation sites is 1. The molecule has 4 aromatic rings. The van der Waals surface area contributed by atoms with Crippen molar-refractivity contribution >= 4 is 34.6 Å². The maximum absolute atomic E-state index is 12.8. The Balaban J connectivity index is 1.40. The molecule has 10 heteroatoms. The van der Waals surface area contributed by atoms with Crippen LogP contribution in [0.5, 0.6) is 0 Å². The molecule has 3 heterocycles. The van der Waals surface area contributed by atoms with Crippen molar-refractivity contribution in [2.75, 3.05) is 11.9 Å². The molecule has 1 aliphatic heterocycles. The van der Waals surface area contributed by atoms with Gasteiger partial charge in [-0.25, -0.2) is 0 Å². The number of nitro groups is 1. The van der Waals surface area contributed by atoms with Crippen molar-refractivity contribution in [1.29, 1.82) is 0 Å². The van der Waals surface area contributed by atoms with Crippen LogP contribution in [0, 0.1) is 17.0 Å². The number of amides is 1. The van der Waals surface area contributed by atoms with Gasteiger partial charge >= 0.3 is 0 Å². The molecular formula is C28H25N5O4S. The highest BCUT2D eigenvalue weighted by Gasteiger charge is 2.41. The van der Waals surface area contributed by atoms with Gasteiger partial charge in [-0.1, -0.05) is 24.3 Å². The molecule has 1 saturated heterocycles. The predicted molar refractivity (Wildman–Crippen MR) is 147 cm³/mol. The molecule has 2 aromatic heterocycles. The van der Waals surface area contributed by atoms with Crippen molar-refractivity contribution in [2.24, 2.45) is 0 Å². The number of nitro benzene ring substituents is 1.